The third-order valence-corrected chi connectivity index (χ3v) is 3.66. The Morgan fingerprint density at radius 2 is 2.12 bits per heavy atom. The van der Waals surface area contributed by atoms with Crippen molar-refractivity contribution in [2.45, 2.75) is 6.42 Å². The fraction of sp³-hybridized carbons (Fsp3) is 0.0769. The maximum Gasteiger partial charge on any atom is 0.147 e. The van der Waals surface area contributed by atoms with Gasteiger partial charge in [-0.05, 0) is 29.3 Å². The van der Waals surface area contributed by atoms with Gasteiger partial charge in [0.15, 0.2) is 0 Å². The Hall–Kier alpha value is -1.37. The second-order valence-electron chi connectivity index (χ2n) is 3.92. The second-order valence-corrected chi connectivity index (χ2v) is 5.20. The SMILES string of the molecule is N#Cc1cc2c(nc1Cl)-c1ccc(Br)cc1C2. The molecule has 0 fully saturated rings. The Balaban J connectivity index is 2.24. The number of nitriles is 1. The zero-order chi connectivity index (χ0) is 12.0. The first-order chi connectivity index (χ1) is 8.19. The molecule has 0 unspecified atom stereocenters. The van der Waals surface area contributed by atoms with E-state index in [2.05, 4.69) is 33.0 Å². The molecule has 82 valence electrons. The molecule has 0 spiro atoms. The van der Waals surface area contributed by atoms with Crippen LogP contribution in [-0.4, -0.2) is 4.98 Å². The van der Waals surface area contributed by atoms with Gasteiger partial charge in [0.05, 0.1) is 11.3 Å². The quantitative estimate of drug-likeness (QED) is 0.590. The van der Waals surface area contributed by atoms with Gasteiger partial charge in [-0.2, -0.15) is 5.26 Å². The van der Waals surface area contributed by atoms with E-state index in [1.807, 2.05) is 18.2 Å². The van der Waals surface area contributed by atoms with Crippen LogP contribution in [0.1, 0.15) is 16.7 Å². The molecule has 0 aliphatic heterocycles. The van der Waals surface area contributed by atoms with Crippen LogP contribution in [0, 0.1) is 11.3 Å². The van der Waals surface area contributed by atoms with Crippen molar-refractivity contribution in [2.75, 3.05) is 0 Å². The fourth-order valence-corrected chi connectivity index (χ4v) is 2.71. The zero-order valence-electron chi connectivity index (χ0n) is 8.67. The second kappa shape index (κ2) is 3.83. The van der Waals surface area contributed by atoms with E-state index in [0.717, 1.165) is 27.7 Å². The van der Waals surface area contributed by atoms with Gasteiger partial charge in [-0.1, -0.05) is 33.6 Å². The van der Waals surface area contributed by atoms with Crippen LogP contribution in [0.4, 0.5) is 0 Å². The van der Waals surface area contributed by atoms with Gasteiger partial charge in [0, 0.05) is 16.5 Å². The molecular formula is C13H6BrClN2. The summed E-state index contributed by atoms with van der Waals surface area (Å²) in [7, 11) is 0. The van der Waals surface area contributed by atoms with Crippen molar-refractivity contribution < 1.29 is 0 Å². The average Bonchev–Trinajstić information content (AvgIpc) is 2.64. The van der Waals surface area contributed by atoms with E-state index in [0.29, 0.717) is 5.56 Å². The van der Waals surface area contributed by atoms with E-state index < -0.39 is 0 Å². The van der Waals surface area contributed by atoms with Crippen molar-refractivity contribution in [3.05, 3.63) is 50.6 Å². The average molecular weight is 306 g/mol. The first-order valence-corrected chi connectivity index (χ1v) is 6.24. The van der Waals surface area contributed by atoms with E-state index in [9.17, 15) is 0 Å². The van der Waals surface area contributed by atoms with Gasteiger partial charge in [0.25, 0.3) is 0 Å². The molecule has 2 nitrogen and oxygen atoms in total. The predicted octanol–water partition coefficient (Wildman–Crippen LogP) is 3.94. The third kappa shape index (κ3) is 1.65. The van der Waals surface area contributed by atoms with Gasteiger partial charge in [-0.3, -0.25) is 0 Å². The minimum absolute atomic E-state index is 0.280. The van der Waals surface area contributed by atoms with E-state index >= 15 is 0 Å². The summed E-state index contributed by atoms with van der Waals surface area (Å²) in [6.45, 7) is 0. The molecule has 1 aliphatic carbocycles. The molecule has 1 aliphatic rings. The molecule has 0 amide bonds. The monoisotopic (exact) mass is 304 g/mol. The van der Waals surface area contributed by atoms with Gasteiger partial charge >= 0.3 is 0 Å². The van der Waals surface area contributed by atoms with E-state index in [1.165, 1.54) is 5.56 Å². The number of hydrogen-bond acceptors (Lipinski definition) is 2. The topological polar surface area (TPSA) is 36.7 Å². The van der Waals surface area contributed by atoms with Crippen molar-refractivity contribution in [1.82, 2.24) is 4.98 Å². The molecule has 1 aromatic carbocycles. The molecule has 0 saturated carbocycles. The Morgan fingerprint density at radius 1 is 1.29 bits per heavy atom. The van der Waals surface area contributed by atoms with Crippen LogP contribution in [-0.2, 0) is 6.42 Å². The van der Waals surface area contributed by atoms with Crippen LogP contribution in [0.2, 0.25) is 5.15 Å². The van der Waals surface area contributed by atoms with Gasteiger partial charge in [-0.25, -0.2) is 4.98 Å². The summed E-state index contributed by atoms with van der Waals surface area (Å²) in [5.41, 5.74) is 4.73. The smallest absolute Gasteiger partial charge is 0.147 e. The van der Waals surface area contributed by atoms with Crippen LogP contribution in [0.15, 0.2) is 28.7 Å². The Morgan fingerprint density at radius 3 is 2.88 bits per heavy atom. The number of nitrogens with zero attached hydrogens (tertiary/aromatic N) is 2. The molecule has 0 bridgehead atoms. The lowest BCUT2D eigenvalue weighted by Gasteiger charge is -2.02. The summed E-state index contributed by atoms with van der Waals surface area (Å²) in [6.07, 6.45) is 0.808. The van der Waals surface area contributed by atoms with Crippen molar-refractivity contribution >= 4 is 27.5 Å². The standard InChI is InChI=1S/C13H6BrClN2/c14-10-1-2-11-7(5-10)3-8-4-9(6-16)13(15)17-12(8)11/h1-2,4-5H,3H2. The minimum Gasteiger partial charge on any atom is -0.234 e. The largest absolute Gasteiger partial charge is 0.234 e. The Labute approximate surface area is 112 Å². The number of halogens is 2. The van der Waals surface area contributed by atoms with Gasteiger partial charge in [0.2, 0.25) is 0 Å². The highest BCUT2D eigenvalue weighted by Crippen LogP contribution is 2.38. The molecular weight excluding hydrogens is 300 g/mol. The summed E-state index contributed by atoms with van der Waals surface area (Å²) in [5.74, 6) is 0. The summed E-state index contributed by atoms with van der Waals surface area (Å²) >= 11 is 9.42. The number of fused-ring (bicyclic) bond motifs is 3. The van der Waals surface area contributed by atoms with E-state index in [1.54, 1.807) is 0 Å². The highest BCUT2D eigenvalue weighted by atomic mass is 79.9. The minimum atomic E-state index is 0.280. The molecule has 2 aromatic rings. The zero-order valence-corrected chi connectivity index (χ0v) is 11.0. The van der Waals surface area contributed by atoms with Crippen molar-refractivity contribution in [3.8, 4) is 17.3 Å². The molecule has 4 heteroatoms. The first kappa shape index (κ1) is 10.8. The highest BCUT2D eigenvalue weighted by Gasteiger charge is 2.21. The van der Waals surface area contributed by atoms with E-state index in [4.69, 9.17) is 16.9 Å². The summed E-state index contributed by atoms with van der Waals surface area (Å²) in [4.78, 5) is 4.32. The lowest BCUT2D eigenvalue weighted by Crippen LogP contribution is -1.89. The molecule has 1 aromatic heterocycles. The molecule has 17 heavy (non-hydrogen) atoms. The Bertz CT molecular complexity index is 674. The van der Waals surface area contributed by atoms with E-state index in [-0.39, 0.29) is 5.15 Å². The molecule has 0 N–H and O–H groups in total. The normalized spacial score (nSPS) is 11.8. The van der Waals surface area contributed by atoms with Crippen molar-refractivity contribution in [3.63, 3.8) is 0 Å². The number of rotatable bonds is 0. The highest BCUT2D eigenvalue weighted by molar-refractivity contribution is 9.10. The van der Waals surface area contributed by atoms with Gasteiger partial charge < -0.3 is 0 Å². The lowest BCUT2D eigenvalue weighted by molar-refractivity contribution is 1.21. The predicted molar refractivity (Wildman–Crippen MR) is 69.9 cm³/mol. The molecule has 0 atom stereocenters. The van der Waals surface area contributed by atoms with Crippen molar-refractivity contribution in [2.24, 2.45) is 0 Å². The summed E-state index contributed by atoms with van der Waals surface area (Å²) < 4.78 is 1.05. The lowest BCUT2D eigenvalue weighted by atomic mass is 10.1. The third-order valence-electron chi connectivity index (χ3n) is 2.88. The van der Waals surface area contributed by atoms with Gasteiger partial charge in [0.1, 0.15) is 11.2 Å². The number of hydrogen-bond donors (Lipinski definition) is 0. The maximum absolute atomic E-state index is 8.93. The Kier molecular flexibility index (Phi) is 2.43. The van der Waals surface area contributed by atoms with Crippen LogP contribution < -0.4 is 0 Å². The molecule has 0 saturated heterocycles. The molecule has 1 heterocycles. The molecule has 0 radical (unpaired) electrons. The maximum atomic E-state index is 8.93. The summed E-state index contributed by atoms with van der Waals surface area (Å²) in [5, 5.41) is 9.21. The van der Waals surface area contributed by atoms with Crippen LogP contribution in [0.25, 0.3) is 11.3 Å². The van der Waals surface area contributed by atoms with Gasteiger partial charge in [-0.15, -0.1) is 0 Å². The van der Waals surface area contributed by atoms with Crippen molar-refractivity contribution in [1.29, 1.82) is 5.26 Å². The molecule has 3 rings (SSSR count). The fourth-order valence-electron chi connectivity index (χ4n) is 2.12. The van der Waals surface area contributed by atoms with Crippen LogP contribution >= 0.6 is 27.5 Å². The number of aromatic nitrogens is 1. The summed E-state index contributed by atoms with van der Waals surface area (Å²) in [6, 6.07) is 9.99. The first-order valence-electron chi connectivity index (χ1n) is 5.07. The van der Waals surface area contributed by atoms with Crippen LogP contribution in [0.3, 0.4) is 0 Å². The number of benzene rings is 1. The van der Waals surface area contributed by atoms with Crippen LogP contribution in [0.5, 0.6) is 0 Å². The number of pyridine rings is 1.